The number of ether oxygens (including phenoxy) is 5. The number of benzene rings is 1. The number of carbonyl (C=O) groups excluding carboxylic acids is 4. The summed E-state index contributed by atoms with van der Waals surface area (Å²) in [6.45, 7) is 14.6. The number of aliphatic hydroxyl groups is 1. The van der Waals surface area contributed by atoms with E-state index < -0.39 is 83.4 Å². The molecule has 13 heteroatoms. The van der Waals surface area contributed by atoms with Gasteiger partial charge in [-0.05, 0) is 91.9 Å². The smallest absolute Gasteiger partial charge is 0.410 e. The van der Waals surface area contributed by atoms with Crippen molar-refractivity contribution in [3.05, 3.63) is 42.1 Å². The van der Waals surface area contributed by atoms with Crippen LogP contribution in [0.25, 0.3) is 10.9 Å². The molecule has 3 aliphatic heterocycles. The molecular formula is C45H67N3O10. The van der Waals surface area contributed by atoms with E-state index in [4.69, 9.17) is 28.7 Å². The van der Waals surface area contributed by atoms with Crippen molar-refractivity contribution in [2.24, 2.45) is 23.7 Å². The van der Waals surface area contributed by atoms with Crippen LogP contribution in [0.4, 0.5) is 4.79 Å². The first-order valence-electron chi connectivity index (χ1n) is 21.3. The van der Waals surface area contributed by atoms with Crippen LogP contribution in [-0.2, 0) is 44.5 Å². The van der Waals surface area contributed by atoms with E-state index in [0.717, 1.165) is 23.0 Å². The third kappa shape index (κ3) is 9.13. The Labute approximate surface area is 344 Å². The molecule has 0 spiro atoms. The largest absolute Gasteiger partial charge is 0.457 e. The van der Waals surface area contributed by atoms with E-state index >= 15 is 0 Å². The van der Waals surface area contributed by atoms with Gasteiger partial charge in [-0.25, -0.2) is 4.79 Å². The van der Waals surface area contributed by atoms with Crippen molar-refractivity contribution in [1.82, 2.24) is 14.8 Å². The van der Waals surface area contributed by atoms with Crippen molar-refractivity contribution in [1.29, 1.82) is 0 Å². The first kappa shape index (κ1) is 45.6. The molecule has 4 heterocycles. The Kier molecular flexibility index (Phi) is 14.8. The predicted molar refractivity (Wildman–Crippen MR) is 219 cm³/mol. The number of aromatic nitrogens is 1. The maximum absolute atomic E-state index is 14.8. The summed E-state index contributed by atoms with van der Waals surface area (Å²) < 4.78 is 31.5. The number of cyclic esters (lactones) is 1. The van der Waals surface area contributed by atoms with Gasteiger partial charge >= 0.3 is 12.1 Å². The van der Waals surface area contributed by atoms with Crippen LogP contribution in [0.2, 0.25) is 0 Å². The van der Waals surface area contributed by atoms with E-state index in [-0.39, 0.29) is 37.2 Å². The van der Waals surface area contributed by atoms with Crippen LogP contribution in [0.5, 0.6) is 0 Å². The molecule has 3 saturated heterocycles. The number of likely N-dealkylation sites (N-methyl/N-ethyl adjacent to an activating group) is 1. The highest BCUT2D eigenvalue weighted by Crippen LogP contribution is 2.45. The number of nitrogens with zero attached hydrogens (tertiary/aromatic N) is 3. The van der Waals surface area contributed by atoms with Crippen LogP contribution in [-0.4, -0.2) is 125 Å². The van der Waals surface area contributed by atoms with Gasteiger partial charge in [-0.15, -0.1) is 0 Å². The Morgan fingerprint density at radius 1 is 0.966 bits per heavy atom. The zero-order valence-electron chi connectivity index (χ0n) is 36.4. The number of para-hydroxylation sites is 1. The molecule has 1 amide bonds. The zero-order chi connectivity index (χ0) is 42.7. The maximum atomic E-state index is 14.8. The summed E-state index contributed by atoms with van der Waals surface area (Å²) in [6, 6.07) is 11.0. The van der Waals surface area contributed by atoms with Gasteiger partial charge in [-0.1, -0.05) is 58.9 Å². The van der Waals surface area contributed by atoms with Crippen LogP contribution in [0.3, 0.4) is 0 Å². The number of unbranched alkanes of at least 4 members (excludes halogenated alkanes) is 1. The van der Waals surface area contributed by atoms with E-state index in [9.17, 15) is 24.3 Å². The number of hydrogen-bond acceptors (Lipinski definition) is 12. The van der Waals surface area contributed by atoms with Crippen molar-refractivity contribution >= 4 is 34.5 Å². The number of amides is 1. The number of ketones is 2. The SMILES string of the molecule is CC[C@H]1OC(=O)[C@H](C)C(=O)[C@H](C)[C@@H](OC2O[C@H](C)C[C@H](N(C)C)[C@H]2O)[C@@](C)(OC)C[C@@H](C)C(=O)[C@H](C)[C@H]2N(CCCCc3ccc4ccccc4n3)C(=O)O[C@]12CC. The van der Waals surface area contributed by atoms with Crippen LogP contribution >= 0.6 is 0 Å². The third-order valence-corrected chi connectivity index (χ3v) is 13.2. The fraction of sp³-hybridized carbons (Fsp3) is 0.711. The van der Waals surface area contributed by atoms with Crippen molar-refractivity contribution < 1.29 is 48.0 Å². The van der Waals surface area contributed by atoms with Gasteiger partial charge < -0.3 is 38.6 Å². The first-order valence-corrected chi connectivity index (χ1v) is 21.3. The first-order chi connectivity index (χ1) is 27.4. The second-order valence-electron chi connectivity index (χ2n) is 17.5. The van der Waals surface area contributed by atoms with E-state index in [1.54, 1.807) is 18.7 Å². The third-order valence-electron chi connectivity index (χ3n) is 13.2. The number of aryl methyl sites for hydroxylation is 1. The molecule has 3 aliphatic rings. The molecular weight excluding hydrogens is 743 g/mol. The van der Waals surface area contributed by atoms with Crippen LogP contribution in [0.1, 0.15) is 99.6 Å². The Morgan fingerprint density at radius 3 is 2.33 bits per heavy atom. The summed E-state index contributed by atoms with van der Waals surface area (Å²) in [5.74, 6) is -4.87. The number of esters is 1. The number of Topliss-reactive ketones (excluding diaryl/α,β-unsaturated/α-hetero) is 2. The number of methoxy groups -OCH3 is 1. The Morgan fingerprint density at radius 2 is 1.67 bits per heavy atom. The lowest BCUT2D eigenvalue weighted by molar-refractivity contribution is -0.295. The molecule has 58 heavy (non-hydrogen) atoms. The predicted octanol–water partition coefficient (Wildman–Crippen LogP) is 6.15. The van der Waals surface area contributed by atoms with Crippen molar-refractivity contribution in [3.63, 3.8) is 0 Å². The van der Waals surface area contributed by atoms with Gasteiger partial charge in [0, 0.05) is 48.5 Å². The van der Waals surface area contributed by atoms with Crippen LogP contribution < -0.4 is 0 Å². The Bertz CT molecular complexity index is 1770. The molecule has 13 atom stereocenters. The molecule has 3 fully saturated rings. The van der Waals surface area contributed by atoms with Crippen LogP contribution in [0.15, 0.2) is 36.4 Å². The van der Waals surface area contributed by atoms with Crippen molar-refractivity contribution in [3.8, 4) is 0 Å². The monoisotopic (exact) mass is 809 g/mol. The fourth-order valence-corrected chi connectivity index (χ4v) is 9.83. The lowest BCUT2D eigenvalue weighted by atomic mass is 9.72. The summed E-state index contributed by atoms with van der Waals surface area (Å²) in [7, 11) is 5.26. The van der Waals surface area contributed by atoms with Crippen LogP contribution in [0, 0.1) is 23.7 Å². The molecule has 2 aromatic rings. The fourth-order valence-electron chi connectivity index (χ4n) is 9.83. The van der Waals surface area contributed by atoms with Gasteiger partial charge in [0.2, 0.25) is 0 Å². The zero-order valence-corrected chi connectivity index (χ0v) is 36.4. The number of carbonyl (C=O) groups is 4. The lowest BCUT2D eigenvalue weighted by Crippen LogP contribution is -2.61. The molecule has 5 rings (SSSR count). The van der Waals surface area contributed by atoms with E-state index in [0.29, 0.717) is 25.8 Å². The number of fused-ring (bicyclic) bond motifs is 2. The standard InChI is InChI=1S/C45H67N3O10/c1-12-35-45(13-2)39(48(43(53)58-45)23-17-16-19-32-22-21-31-18-14-15-20-33(31)46-32)28(5)36(49)26(3)25-44(8,54-11)40(29(6)37(50)30(7)41(52)56-35)57-42-38(51)34(47(9)10)24-27(4)55-42/h14-15,18,20-22,26-30,34-35,38-40,42,51H,12-13,16-17,19,23-25H2,1-11H3/t26-,27-,28+,29+,30-,34+,35-,38-,39-,40-,42?,44+,45-/m1/s1. The molecule has 0 aliphatic carbocycles. The molecule has 0 radical (unpaired) electrons. The average molecular weight is 810 g/mol. The number of rotatable bonds is 11. The summed E-state index contributed by atoms with van der Waals surface area (Å²) in [5, 5.41) is 12.5. The lowest BCUT2D eigenvalue weighted by Gasteiger charge is -2.47. The van der Waals surface area contributed by atoms with E-state index in [2.05, 4.69) is 6.07 Å². The van der Waals surface area contributed by atoms with Crippen molar-refractivity contribution in [2.45, 2.75) is 154 Å². The molecule has 1 aromatic heterocycles. The molecule has 1 N–H and O–H groups in total. The van der Waals surface area contributed by atoms with Gasteiger partial charge in [0.25, 0.3) is 0 Å². The minimum Gasteiger partial charge on any atom is -0.457 e. The average Bonchev–Trinajstić information content (AvgIpc) is 3.50. The van der Waals surface area contributed by atoms with Gasteiger partial charge in [-0.2, -0.15) is 0 Å². The van der Waals surface area contributed by atoms with Gasteiger partial charge in [0.05, 0.1) is 29.4 Å². The van der Waals surface area contributed by atoms with Gasteiger partial charge in [-0.3, -0.25) is 19.4 Å². The summed E-state index contributed by atoms with van der Waals surface area (Å²) in [6.07, 6.45) is -1.61. The maximum Gasteiger partial charge on any atom is 0.410 e. The minimum atomic E-state index is -1.35. The Hall–Kier alpha value is -3.49. The van der Waals surface area contributed by atoms with Crippen molar-refractivity contribution in [2.75, 3.05) is 27.7 Å². The summed E-state index contributed by atoms with van der Waals surface area (Å²) >= 11 is 0. The second-order valence-corrected chi connectivity index (χ2v) is 17.5. The topological polar surface area (TPSA) is 154 Å². The molecule has 0 bridgehead atoms. The molecule has 1 aromatic carbocycles. The summed E-state index contributed by atoms with van der Waals surface area (Å²) in [4.78, 5) is 65.6. The molecule has 1 unspecified atom stereocenters. The van der Waals surface area contributed by atoms with Gasteiger partial charge in [0.15, 0.2) is 17.7 Å². The summed E-state index contributed by atoms with van der Waals surface area (Å²) in [5.41, 5.74) is -0.727. The normalized spacial score (nSPS) is 36.8. The minimum absolute atomic E-state index is 0.130. The number of aliphatic hydroxyl groups excluding tert-OH is 1. The van der Waals surface area contributed by atoms with E-state index in [1.165, 1.54) is 14.0 Å². The van der Waals surface area contributed by atoms with Gasteiger partial charge in [0.1, 0.15) is 23.9 Å². The number of hydrogen-bond donors (Lipinski definition) is 1. The highest BCUT2D eigenvalue weighted by molar-refractivity contribution is 6.00. The molecule has 0 saturated carbocycles. The molecule has 322 valence electrons. The molecule has 13 nitrogen and oxygen atoms in total. The highest BCUT2D eigenvalue weighted by atomic mass is 16.7. The quantitative estimate of drug-likeness (QED) is 0.157. The Balaban J connectivity index is 1.48. The van der Waals surface area contributed by atoms with E-state index in [1.807, 2.05) is 83.9 Å². The highest BCUT2D eigenvalue weighted by Gasteiger charge is 2.62. The number of pyridine rings is 1. The second kappa shape index (κ2) is 18.8.